The predicted octanol–water partition coefficient (Wildman–Crippen LogP) is 4.89. The number of nitrogens with zero attached hydrogens (tertiary/aromatic N) is 2. The fourth-order valence-corrected chi connectivity index (χ4v) is 3.15. The minimum absolute atomic E-state index is 0.0730. The van der Waals surface area contributed by atoms with Gasteiger partial charge in [0, 0.05) is 28.9 Å². The highest BCUT2D eigenvalue weighted by atomic mass is 16.6. The Hall–Kier alpha value is -4.00. The summed E-state index contributed by atoms with van der Waals surface area (Å²) < 4.78 is 5.87. The third-order valence-electron chi connectivity index (χ3n) is 4.59. The number of rotatable bonds is 5. The number of carbonyl (C=O) groups is 1. The van der Waals surface area contributed by atoms with E-state index in [4.69, 9.17) is 4.42 Å². The Morgan fingerprint density at radius 2 is 1.86 bits per heavy atom. The van der Waals surface area contributed by atoms with Gasteiger partial charge in [0.15, 0.2) is 5.58 Å². The van der Waals surface area contributed by atoms with Crippen LogP contribution >= 0.6 is 0 Å². The minimum atomic E-state index is -0.490. The van der Waals surface area contributed by atoms with Gasteiger partial charge < -0.3 is 9.73 Å². The van der Waals surface area contributed by atoms with Crippen molar-refractivity contribution in [1.29, 1.82) is 0 Å². The van der Waals surface area contributed by atoms with Crippen molar-refractivity contribution in [2.45, 2.75) is 13.3 Å². The first kappa shape index (κ1) is 18.4. The molecule has 0 saturated heterocycles. The molecule has 1 N–H and O–H groups in total. The van der Waals surface area contributed by atoms with Crippen LogP contribution in [-0.2, 0) is 11.2 Å². The maximum atomic E-state index is 12.4. The molecule has 4 rings (SSSR count). The second kappa shape index (κ2) is 7.55. The first-order valence-corrected chi connectivity index (χ1v) is 9.00. The fourth-order valence-electron chi connectivity index (χ4n) is 3.15. The first-order valence-electron chi connectivity index (χ1n) is 9.00. The Kier molecular flexibility index (Phi) is 4.78. The number of nitro groups is 1. The molecular weight excluding hydrogens is 370 g/mol. The highest BCUT2D eigenvalue weighted by Crippen LogP contribution is 2.28. The summed E-state index contributed by atoms with van der Waals surface area (Å²) in [5.41, 5.74) is 4.01. The Balaban J connectivity index is 1.55. The third kappa shape index (κ3) is 3.84. The van der Waals surface area contributed by atoms with Gasteiger partial charge in [0.05, 0.1) is 11.3 Å². The number of fused-ring (bicyclic) bond motifs is 1. The summed E-state index contributed by atoms with van der Waals surface area (Å²) in [5, 5.41) is 13.9. The number of anilines is 1. The lowest BCUT2D eigenvalue weighted by Gasteiger charge is -2.05. The number of oxazole rings is 1. The van der Waals surface area contributed by atoms with Crippen LogP contribution < -0.4 is 5.32 Å². The van der Waals surface area contributed by atoms with Crippen LogP contribution in [0.3, 0.4) is 0 Å². The number of hydrogen-bond donors (Lipinski definition) is 1. The van der Waals surface area contributed by atoms with Crippen molar-refractivity contribution in [2.75, 3.05) is 5.32 Å². The summed E-state index contributed by atoms with van der Waals surface area (Å²) >= 11 is 0. The van der Waals surface area contributed by atoms with Crippen molar-refractivity contribution in [3.05, 3.63) is 88.0 Å². The molecule has 1 amide bonds. The number of nitrogens with one attached hydrogen (secondary N) is 1. The van der Waals surface area contributed by atoms with E-state index in [1.807, 2.05) is 31.2 Å². The van der Waals surface area contributed by atoms with E-state index in [0.717, 1.165) is 11.1 Å². The molecule has 7 nitrogen and oxygen atoms in total. The molecule has 0 unspecified atom stereocenters. The van der Waals surface area contributed by atoms with Gasteiger partial charge in [0.2, 0.25) is 11.8 Å². The molecule has 0 aliphatic heterocycles. The number of aromatic nitrogens is 1. The van der Waals surface area contributed by atoms with E-state index < -0.39 is 4.92 Å². The lowest BCUT2D eigenvalue weighted by molar-refractivity contribution is -0.385. The molecule has 1 heterocycles. The zero-order chi connectivity index (χ0) is 20.4. The van der Waals surface area contributed by atoms with Crippen molar-refractivity contribution in [2.24, 2.45) is 0 Å². The van der Waals surface area contributed by atoms with Gasteiger partial charge >= 0.3 is 0 Å². The van der Waals surface area contributed by atoms with E-state index in [1.165, 1.54) is 6.07 Å². The summed E-state index contributed by atoms with van der Waals surface area (Å²) in [6, 6.07) is 19.2. The monoisotopic (exact) mass is 387 g/mol. The molecule has 144 valence electrons. The topological polar surface area (TPSA) is 98.3 Å². The Morgan fingerprint density at radius 3 is 2.66 bits per heavy atom. The number of benzene rings is 3. The van der Waals surface area contributed by atoms with E-state index in [0.29, 0.717) is 28.2 Å². The number of aryl methyl sites for hydroxylation is 1. The molecule has 0 spiro atoms. The van der Waals surface area contributed by atoms with Crippen molar-refractivity contribution in [3.8, 4) is 11.5 Å². The molecule has 0 bridgehead atoms. The molecule has 4 aromatic rings. The van der Waals surface area contributed by atoms with E-state index in [-0.39, 0.29) is 18.0 Å². The molecule has 3 aromatic carbocycles. The first-order chi connectivity index (χ1) is 14.0. The van der Waals surface area contributed by atoms with Crippen LogP contribution in [0.1, 0.15) is 11.1 Å². The van der Waals surface area contributed by atoms with E-state index in [1.54, 1.807) is 36.4 Å². The maximum absolute atomic E-state index is 12.4. The highest BCUT2D eigenvalue weighted by Gasteiger charge is 2.16. The summed E-state index contributed by atoms with van der Waals surface area (Å²) in [6.07, 6.45) is -0.0972. The Labute approximate surface area is 166 Å². The zero-order valence-corrected chi connectivity index (χ0v) is 15.6. The number of hydrogen-bond acceptors (Lipinski definition) is 5. The van der Waals surface area contributed by atoms with Crippen LogP contribution in [0.25, 0.3) is 22.6 Å². The maximum Gasteiger partial charge on any atom is 0.273 e. The average Bonchev–Trinajstić information content (AvgIpc) is 3.11. The molecule has 0 radical (unpaired) electrons. The van der Waals surface area contributed by atoms with Crippen LogP contribution in [0.4, 0.5) is 11.4 Å². The summed E-state index contributed by atoms with van der Waals surface area (Å²) in [5.74, 6) is 0.166. The molecular formula is C22H17N3O4. The van der Waals surface area contributed by atoms with Gasteiger partial charge in [-0.2, -0.15) is 0 Å². The molecule has 29 heavy (non-hydrogen) atoms. The fraction of sp³-hybridized carbons (Fsp3) is 0.0909. The summed E-state index contributed by atoms with van der Waals surface area (Å²) in [7, 11) is 0. The normalized spacial score (nSPS) is 10.8. The summed E-state index contributed by atoms with van der Waals surface area (Å²) in [6.45, 7) is 1.98. The molecule has 0 aliphatic carbocycles. The summed E-state index contributed by atoms with van der Waals surface area (Å²) in [4.78, 5) is 27.5. The highest BCUT2D eigenvalue weighted by molar-refractivity contribution is 5.94. The van der Waals surface area contributed by atoms with Crippen molar-refractivity contribution < 1.29 is 14.1 Å². The van der Waals surface area contributed by atoms with E-state index in [9.17, 15) is 14.9 Å². The molecule has 0 atom stereocenters. The van der Waals surface area contributed by atoms with Gasteiger partial charge in [0.25, 0.3) is 5.69 Å². The largest absolute Gasteiger partial charge is 0.436 e. The minimum Gasteiger partial charge on any atom is -0.436 e. The zero-order valence-electron chi connectivity index (χ0n) is 15.6. The molecule has 0 saturated carbocycles. The van der Waals surface area contributed by atoms with Crippen LogP contribution in [0.5, 0.6) is 0 Å². The van der Waals surface area contributed by atoms with Crippen LogP contribution in [0.2, 0.25) is 0 Å². The standard InChI is InChI=1S/C22H17N3O4/c1-14-6-2-4-8-17(14)22-24-18-11-10-16(13-20(18)29-22)23-21(26)12-15-7-3-5-9-19(15)25(27)28/h2-11,13H,12H2,1H3,(H,23,26). The second-order valence-electron chi connectivity index (χ2n) is 6.63. The van der Waals surface area contributed by atoms with Crippen LogP contribution in [0, 0.1) is 17.0 Å². The molecule has 7 heteroatoms. The average molecular weight is 387 g/mol. The van der Waals surface area contributed by atoms with Crippen LogP contribution in [-0.4, -0.2) is 15.8 Å². The quantitative estimate of drug-likeness (QED) is 0.388. The van der Waals surface area contributed by atoms with Crippen molar-refractivity contribution in [3.63, 3.8) is 0 Å². The lowest BCUT2D eigenvalue weighted by Crippen LogP contribution is -2.15. The van der Waals surface area contributed by atoms with Gasteiger partial charge in [-0.15, -0.1) is 0 Å². The molecule has 0 fully saturated rings. The third-order valence-corrected chi connectivity index (χ3v) is 4.59. The van der Waals surface area contributed by atoms with E-state index >= 15 is 0 Å². The Morgan fingerprint density at radius 1 is 1.10 bits per heavy atom. The predicted molar refractivity (Wildman–Crippen MR) is 110 cm³/mol. The Bertz CT molecular complexity index is 1230. The molecule has 1 aromatic heterocycles. The lowest BCUT2D eigenvalue weighted by atomic mass is 10.1. The molecule has 0 aliphatic rings. The number of nitro benzene ring substituents is 1. The van der Waals surface area contributed by atoms with E-state index in [2.05, 4.69) is 10.3 Å². The number of amides is 1. The van der Waals surface area contributed by atoms with Gasteiger partial charge in [-0.25, -0.2) is 4.98 Å². The van der Waals surface area contributed by atoms with Gasteiger partial charge in [-0.05, 0) is 30.7 Å². The van der Waals surface area contributed by atoms with Gasteiger partial charge in [0.1, 0.15) is 5.52 Å². The number of para-hydroxylation sites is 1. The second-order valence-corrected chi connectivity index (χ2v) is 6.63. The van der Waals surface area contributed by atoms with Gasteiger partial charge in [-0.1, -0.05) is 36.4 Å². The SMILES string of the molecule is Cc1ccccc1-c1nc2ccc(NC(=O)Cc3ccccc3[N+](=O)[O-])cc2o1. The van der Waals surface area contributed by atoms with Gasteiger partial charge in [-0.3, -0.25) is 14.9 Å². The van der Waals surface area contributed by atoms with Crippen LogP contribution in [0.15, 0.2) is 71.1 Å². The van der Waals surface area contributed by atoms with Crippen molar-refractivity contribution >= 4 is 28.4 Å². The van der Waals surface area contributed by atoms with Crippen molar-refractivity contribution in [1.82, 2.24) is 4.98 Å². The number of carbonyl (C=O) groups excluding carboxylic acids is 1. The smallest absolute Gasteiger partial charge is 0.273 e.